The Kier molecular flexibility index (Phi) is 6.51. The number of halogens is 1. The number of aromatic nitrogens is 2. The van der Waals surface area contributed by atoms with Crippen LogP contribution in [0.5, 0.6) is 0 Å². The minimum atomic E-state index is -0.935. The van der Waals surface area contributed by atoms with E-state index in [4.69, 9.17) is 4.98 Å². The van der Waals surface area contributed by atoms with E-state index in [2.05, 4.69) is 15.2 Å². The maximum absolute atomic E-state index is 14.0. The average Bonchev–Trinajstić information content (AvgIpc) is 3.32. The van der Waals surface area contributed by atoms with E-state index in [1.807, 2.05) is 24.3 Å². The molecule has 7 nitrogen and oxygen atoms in total. The number of allylic oxidation sites excluding steroid dienone is 2. The summed E-state index contributed by atoms with van der Waals surface area (Å²) in [6, 6.07) is 11.7. The van der Waals surface area contributed by atoms with Crippen LogP contribution in [0.1, 0.15) is 62.3 Å². The summed E-state index contributed by atoms with van der Waals surface area (Å²) in [6.45, 7) is 1.82. The predicted octanol–water partition coefficient (Wildman–Crippen LogP) is 4.63. The van der Waals surface area contributed by atoms with Crippen molar-refractivity contribution in [3.8, 4) is 5.69 Å². The quantitative estimate of drug-likeness (QED) is 0.424. The molecule has 3 N–H and O–H groups in total. The van der Waals surface area contributed by atoms with Gasteiger partial charge in [0.1, 0.15) is 17.7 Å². The largest absolute Gasteiger partial charge is 0.480 e. The highest BCUT2D eigenvalue weighted by atomic mass is 19.1. The molecule has 2 aromatic carbocycles. The van der Waals surface area contributed by atoms with Gasteiger partial charge in [-0.3, -0.25) is 9.36 Å². The van der Waals surface area contributed by atoms with Crippen LogP contribution in [0, 0.1) is 11.2 Å². The molecule has 1 unspecified atom stereocenters. The van der Waals surface area contributed by atoms with Gasteiger partial charge in [0.2, 0.25) is 0 Å². The minimum absolute atomic E-state index is 0.129. The first kappa shape index (κ1) is 24.8. The molecule has 198 valence electrons. The number of piperidine rings is 1. The van der Waals surface area contributed by atoms with Crippen molar-refractivity contribution in [2.24, 2.45) is 5.41 Å². The molecular formula is C30H33FN4O3. The second kappa shape index (κ2) is 9.98. The Hall–Kier alpha value is -3.52. The molecule has 6 rings (SSSR count). The lowest BCUT2D eigenvalue weighted by Crippen LogP contribution is -2.51. The molecule has 0 radical (unpaired) electrons. The number of carbonyl (C=O) groups is 2. The molecule has 1 aliphatic heterocycles. The summed E-state index contributed by atoms with van der Waals surface area (Å²) in [7, 11) is 0. The third-order valence-electron chi connectivity index (χ3n) is 8.54. The summed E-state index contributed by atoms with van der Waals surface area (Å²) in [5.74, 6) is 0.0240. The van der Waals surface area contributed by atoms with Gasteiger partial charge in [-0.25, -0.2) is 14.2 Å². The fraction of sp³-hybridized carbons (Fsp3) is 0.433. The molecule has 2 atom stereocenters. The number of aliphatic carboxylic acids is 1. The molecule has 2 fully saturated rings. The zero-order valence-electron chi connectivity index (χ0n) is 21.4. The number of carboxylic acid groups (broad SMARTS) is 1. The van der Waals surface area contributed by atoms with Gasteiger partial charge < -0.3 is 15.7 Å². The van der Waals surface area contributed by atoms with Crippen LogP contribution in [-0.2, 0) is 16.0 Å². The van der Waals surface area contributed by atoms with Gasteiger partial charge in [-0.15, -0.1) is 0 Å². The molecule has 8 heteroatoms. The summed E-state index contributed by atoms with van der Waals surface area (Å²) in [5, 5.41) is 16.6. The van der Waals surface area contributed by atoms with Gasteiger partial charge in [0.15, 0.2) is 5.78 Å². The molecule has 3 aromatic rings. The summed E-state index contributed by atoms with van der Waals surface area (Å²) in [4.78, 5) is 29.4. The Morgan fingerprint density at radius 2 is 1.95 bits per heavy atom. The maximum atomic E-state index is 14.0. The van der Waals surface area contributed by atoms with Gasteiger partial charge in [0, 0.05) is 42.4 Å². The van der Waals surface area contributed by atoms with Crippen molar-refractivity contribution in [2.75, 3.05) is 13.1 Å². The molecule has 2 heterocycles. The normalized spacial score (nSPS) is 21.7. The summed E-state index contributed by atoms with van der Waals surface area (Å²) < 4.78 is 16.1. The van der Waals surface area contributed by atoms with Crippen LogP contribution in [0.3, 0.4) is 0 Å². The monoisotopic (exact) mass is 516 g/mol. The molecule has 1 aromatic heterocycles. The molecule has 1 spiro atoms. The lowest BCUT2D eigenvalue weighted by atomic mass is 9.62. The molecule has 0 amide bonds. The molecule has 1 saturated heterocycles. The van der Waals surface area contributed by atoms with Crippen LogP contribution >= 0.6 is 0 Å². The van der Waals surface area contributed by atoms with Crippen molar-refractivity contribution >= 4 is 22.8 Å². The Morgan fingerprint density at radius 1 is 1.16 bits per heavy atom. The van der Waals surface area contributed by atoms with E-state index in [1.165, 1.54) is 12.1 Å². The lowest BCUT2D eigenvalue weighted by molar-refractivity contribution is -0.140. The topological polar surface area (TPSA) is 96.2 Å². The number of fused-ring (bicyclic) bond motifs is 1. The van der Waals surface area contributed by atoms with Crippen LogP contribution in [0.15, 0.2) is 54.2 Å². The van der Waals surface area contributed by atoms with Crippen LogP contribution in [-0.4, -0.2) is 45.5 Å². The molecule has 3 aliphatic rings. The fourth-order valence-corrected chi connectivity index (χ4v) is 6.41. The van der Waals surface area contributed by atoms with Crippen molar-refractivity contribution in [3.63, 3.8) is 0 Å². The highest BCUT2D eigenvalue weighted by Gasteiger charge is 2.49. The van der Waals surface area contributed by atoms with Gasteiger partial charge in [-0.1, -0.05) is 31.4 Å². The standard InChI is InChI=1S/C30H33FN4O3/c31-21-8-11-25-23(16-21)34-28(20-5-4-14-32-18-20)35(25)22-9-6-19(7-10-22)15-24(29(37)38)33-26-17-27(36)30(26)12-2-1-3-13-30/h6-11,16-17,20,24,32-33H,1-5,12-15,18H2,(H,37,38)/t20?,24-/m0/s1. The Morgan fingerprint density at radius 3 is 2.63 bits per heavy atom. The smallest absolute Gasteiger partial charge is 0.326 e. The van der Waals surface area contributed by atoms with Gasteiger partial charge in [-0.05, 0) is 62.1 Å². The highest BCUT2D eigenvalue weighted by Crippen LogP contribution is 2.48. The molecule has 1 saturated carbocycles. The zero-order valence-corrected chi connectivity index (χ0v) is 21.4. The molecule has 38 heavy (non-hydrogen) atoms. The van der Waals surface area contributed by atoms with Crippen molar-refractivity contribution in [1.82, 2.24) is 20.2 Å². The number of benzene rings is 2. The van der Waals surface area contributed by atoms with E-state index >= 15 is 0 Å². The number of ketones is 1. The van der Waals surface area contributed by atoms with Crippen molar-refractivity contribution in [3.05, 3.63) is 71.4 Å². The Labute approximate surface area is 221 Å². The number of nitrogens with one attached hydrogen (secondary N) is 2. The SMILES string of the molecule is O=C(O)[C@H](Cc1ccc(-n2c(C3CCCNC3)nc3cc(F)ccc32)cc1)NC1=CC(=O)C12CCCCC2. The van der Waals surface area contributed by atoms with Crippen LogP contribution in [0.4, 0.5) is 4.39 Å². The van der Waals surface area contributed by atoms with Crippen molar-refractivity contribution in [2.45, 2.75) is 63.3 Å². The first-order valence-corrected chi connectivity index (χ1v) is 13.7. The zero-order chi connectivity index (χ0) is 26.3. The number of carbonyl (C=O) groups excluding carboxylic acids is 1. The molecular weight excluding hydrogens is 483 g/mol. The Balaban J connectivity index is 1.25. The second-order valence-corrected chi connectivity index (χ2v) is 11.0. The van der Waals surface area contributed by atoms with Gasteiger partial charge >= 0.3 is 5.97 Å². The van der Waals surface area contributed by atoms with Crippen LogP contribution in [0.2, 0.25) is 0 Å². The van der Waals surface area contributed by atoms with Crippen molar-refractivity contribution in [1.29, 1.82) is 0 Å². The first-order valence-electron chi connectivity index (χ1n) is 13.7. The minimum Gasteiger partial charge on any atom is -0.480 e. The number of imidazole rings is 1. The second-order valence-electron chi connectivity index (χ2n) is 11.0. The number of nitrogens with zero attached hydrogens (tertiary/aromatic N) is 2. The maximum Gasteiger partial charge on any atom is 0.326 e. The van der Waals surface area contributed by atoms with E-state index in [1.54, 1.807) is 12.1 Å². The van der Waals surface area contributed by atoms with E-state index < -0.39 is 17.4 Å². The average molecular weight is 517 g/mol. The number of hydrogen-bond acceptors (Lipinski definition) is 5. The number of carboxylic acids is 1. The highest BCUT2D eigenvalue weighted by molar-refractivity contribution is 6.05. The predicted molar refractivity (Wildman–Crippen MR) is 143 cm³/mol. The number of rotatable bonds is 7. The lowest BCUT2D eigenvalue weighted by Gasteiger charge is -2.44. The van der Waals surface area contributed by atoms with Gasteiger partial charge in [0.05, 0.1) is 16.4 Å². The van der Waals surface area contributed by atoms with Gasteiger partial charge in [-0.2, -0.15) is 0 Å². The van der Waals surface area contributed by atoms with Crippen LogP contribution < -0.4 is 10.6 Å². The fourth-order valence-electron chi connectivity index (χ4n) is 6.41. The molecule has 2 aliphatic carbocycles. The summed E-state index contributed by atoms with van der Waals surface area (Å²) in [6.07, 6.45) is 8.68. The third-order valence-corrected chi connectivity index (χ3v) is 8.54. The Bertz CT molecular complexity index is 1400. The van der Waals surface area contributed by atoms with E-state index in [9.17, 15) is 19.1 Å². The summed E-state index contributed by atoms with van der Waals surface area (Å²) in [5.41, 5.74) is 3.57. The van der Waals surface area contributed by atoms with Crippen molar-refractivity contribution < 1.29 is 19.1 Å². The summed E-state index contributed by atoms with van der Waals surface area (Å²) >= 11 is 0. The van der Waals surface area contributed by atoms with Crippen LogP contribution in [0.25, 0.3) is 16.7 Å². The first-order chi connectivity index (χ1) is 18.4. The number of hydrogen-bond donors (Lipinski definition) is 3. The van der Waals surface area contributed by atoms with Gasteiger partial charge in [0.25, 0.3) is 0 Å². The molecule has 0 bridgehead atoms. The van der Waals surface area contributed by atoms with E-state index in [0.717, 1.165) is 86.3 Å². The third kappa shape index (κ3) is 4.41. The van der Waals surface area contributed by atoms with E-state index in [0.29, 0.717) is 11.9 Å². The van der Waals surface area contributed by atoms with E-state index in [-0.39, 0.29) is 17.5 Å².